The summed E-state index contributed by atoms with van der Waals surface area (Å²) in [4.78, 5) is 39.5. The summed E-state index contributed by atoms with van der Waals surface area (Å²) in [6, 6.07) is -1.12. The van der Waals surface area contributed by atoms with Gasteiger partial charge in [-0.15, -0.1) is 0 Å². The predicted molar refractivity (Wildman–Crippen MR) is 73.3 cm³/mol. The Morgan fingerprint density at radius 2 is 1.95 bits per heavy atom. The summed E-state index contributed by atoms with van der Waals surface area (Å²) in [5, 5.41) is 9.13. The first-order chi connectivity index (χ1) is 9.38. The van der Waals surface area contributed by atoms with Crippen molar-refractivity contribution in [2.75, 3.05) is 33.7 Å². The standard InChI is InChI=1S/C13H23N3O4/c1-4-7-15(9-11(17)14(2)3)13(20)16-8-5-6-10(16)12(18)19/h10H,4-9H2,1-3H3,(H,18,19). The average Bonchev–Trinajstić information content (AvgIpc) is 2.86. The van der Waals surface area contributed by atoms with Crippen molar-refractivity contribution in [1.29, 1.82) is 0 Å². The topological polar surface area (TPSA) is 81.2 Å². The lowest BCUT2D eigenvalue weighted by atomic mass is 10.2. The molecule has 0 aromatic rings. The first kappa shape index (κ1) is 16.3. The fraction of sp³-hybridized carbons (Fsp3) is 0.769. The molecule has 7 heteroatoms. The second-order valence-corrected chi connectivity index (χ2v) is 5.18. The molecular weight excluding hydrogens is 262 g/mol. The summed E-state index contributed by atoms with van der Waals surface area (Å²) in [5.74, 6) is -1.15. The van der Waals surface area contributed by atoms with Crippen LogP contribution in [0.15, 0.2) is 0 Å². The summed E-state index contributed by atoms with van der Waals surface area (Å²) < 4.78 is 0. The van der Waals surface area contributed by atoms with Gasteiger partial charge in [-0.2, -0.15) is 0 Å². The van der Waals surface area contributed by atoms with Crippen LogP contribution in [0, 0.1) is 0 Å². The molecule has 1 fully saturated rings. The molecule has 0 aromatic carbocycles. The lowest BCUT2D eigenvalue weighted by molar-refractivity contribution is -0.141. The molecule has 0 aliphatic carbocycles. The zero-order valence-electron chi connectivity index (χ0n) is 12.3. The van der Waals surface area contributed by atoms with Crippen LogP contribution in [0.2, 0.25) is 0 Å². The second kappa shape index (κ2) is 7.12. The van der Waals surface area contributed by atoms with E-state index < -0.39 is 12.0 Å². The van der Waals surface area contributed by atoms with Gasteiger partial charge in [0.1, 0.15) is 12.6 Å². The Labute approximate surface area is 119 Å². The van der Waals surface area contributed by atoms with Gasteiger partial charge in [-0.05, 0) is 19.3 Å². The van der Waals surface area contributed by atoms with Gasteiger partial charge in [0.15, 0.2) is 0 Å². The molecule has 20 heavy (non-hydrogen) atoms. The number of likely N-dealkylation sites (tertiary alicyclic amines) is 1. The number of amides is 3. The third-order valence-corrected chi connectivity index (χ3v) is 3.37. The minimum atomic E-state index is -0.980. The monoisotopic (exact) mass is 285 g/mol. The predicted octanol–water partition coefficient (Wildman–Crippen LogP) is 0.456. The molecule has 1 rings (SSSR count). The van der Waals surface area contributed by atoms with Gasteiger partial charge in [0.05, 0.1) is 0 Å². The van der Waals surface area contributed by atoms with E-state index in [0.717, 1.165) is 6.42 Å². The Morgan fingerprint density at radius 3 is 2.45 bits per heavy atom. The summed E-state index contributed by atoms with van der Waals surface area (Å²) in [7, 11) is 3.26. The first-order valence-electron chi connectivity index (χ1n) is 6.87. The Morgan fingerprint density at radius 1 is 1.30 bits per heavy atom. The highest BCUT2D eigenvalue weighted by Crippen LogP contribution is 2.19. The number of carbonyl (C=O) groups excluding carboxylic acids is 2. The molecule has 3 amide bonds. The number of carbonyl (C=O) groups is 3. The zero-order chi connectivity index (χ0) is 15.3. The molecular formula is C13H23N3O4. The highest BCUT2D eigenvalue weighted by atomic mass is 16.4. The van der Waals surface area contributed by atoms with Crippen molar-refractivity contribution in [3.8, 4) is 0 Å². The molecule has 1 aliphatic rings. The second-order valence-electron chi connectivity index (χ2n) is 5.18. The Kier molecular flexibility index (Phi) is 5.79. The van der Waals surface area contributed by atoms with Crippen molar-refractivity contribution < 1.29 is 19.5 Å². The van der Waals surface area contributed by atoms with Crippen LogP contribution < -0.4 is 0 Å². The van der Waals surface area contributed by atoms with Crippen LogP contribution in [0.1, 0.15) is 26.2 Å². The normalized spacial score (nSPS) is 17.9. The maximum absolute atomic E-state index is 12.4. The van der Waals surface area contributed by atoms with Crippen molar-refractivity contribution in [3.63, 3.8) is 0 Å². The Balaban J connectivity index is 2.77. The molecule has 0 bridgehead atoms. The minimum Gasteiger partial charge on any atom is -0.480 e. The molecule has 7 nitrogen and oxygen atoms in total. The van der Waals surface area contributed by atoms with Gasteiger partial charge in [-0.25, -0.2) is 9.59 Å². The van der Waals surface area contributed by atoms with Gasteiger partial charge in [-0.1, -0.05) is 6.92 Å². The van der Waals surface area contributed by atoms with Gasteiger partial charge < -0.3 is 19.8 Å². The van der Waals surface area contributed by atoms with Crippen LogP contribution >= 0.6 is 0 Å². The van der Waals surface area contributed by atoms with Gasteiger partial charge in [0.25, 0.3) is 0 Å². The number of likely N-dealkylation sites (N-methyl/N-ethyl adjacent to an activating group) is 1. The lowest BCUT2D eigenvalue weighted by Crippen LogP contribution is -2.50. The van der Waals surface area contributed by atoms with E-state index in [9.17, 15) is 14.4 Å². The summed E-state index contributed by atoms with van der Waals surface area (Å²) in [6.45, 7) is 2.79. The average molecular weight is 285 g/mol. The summed E-state index contributed by atoms with van der Waals surface area (Å²) in [6.07, 6.45) is 1.88. The van der Waals surface area contributed by atoms with E-state index in [4.69, 9.17) is 5.11 Å². The lowest BCUT2D eigenvalue weighted by Gasteiger charge is -2.30. The number of aliphatic carboxylic acids is 1. The van der Waals surface area contributed by atoms with E-state index in [1.807, 2.05) is 6.92 Å². The Hall–Kier alpha value is -1.79. The fourth-order valence-electron chi connectivity index (χ4n) is 2.25. The Bertz CT molecular complexity index is 384. The van der Waals surface area contributed by atoms with Crippen molar-refractivity contribution in [2.45, 2.75) is 32.2 Å². The smallest absolute Gasteiger partial charge is 0.326 e. The van der Waals surface area contributed by atoms with Gasteiger partial charge in [0.2, 0.25) is 5.91 Å². The van der Waals surface area contributed by atoms with Gasteiger partial charge in [0, 0.05) is 27.2 Å². The summed E-state index contributed by atoms with van der Waals surface area (Å²) in [5.41, 5.74) is 0. The summed E-state index contributed by atoms with van der Waals surface area (Å²) >= 11 is 0. The van der Waals surface area contributed by atoms with Crippen molar-refractivity contribution in [2.24, 2.45) is 0 Å². The van der Waals surface area contributed by atoms with Crippen molar-refractivity contribution in [1.82, 2.24) is 14.7 Å². The number of carboxylic acids is 1. The minimum absolute atomic E-state index is 0.0114. The van der Waals surface area contributed by atoms with E-state index in [2.05, 4.69) is 0 Å². The molecule has 114 valence electrons. The molecule has 1 N–H and O–H groups in total. The molecule has 0 radical (unpaired) electrons. The maximum Gasteiger partial charge on any atom is 0.326 e. The highest BCUT2D eigenvalue weighted by molar-refractivity contribution is 5.87. The number of hydrogen-bond acceptors (Lipinski definition) is 3. The SMILES string of the molecule is CCCN(CC(=O)N(C)C)C(=O)N1CCCC1C(=O)O. The molecule has 1 atom stereocenters. The zero-order valence-corrected chi connectivity index (χ0v) is 12.3. The molecule has 0 spiro atoms. The van der Waals surface area contributed by atoms with E-state index >= 15 is 0 Å². The van der Waals surface area contributed by atoms with E-state index in [1.54, 1.807) is 14.1 Å². The van der Waals surface area contributed by atoms with Crippen LogP contribution in [-0.2, 0) is 9.59 Å². The molecule has 0 saturated carbocycles. The van der Waals surface area contributed by atoms with E-state index in [0.29, 0.717) is 25.9 Å². The third-order valence-electron chi connectivity index (χ3n) is 3.37. The fourth-order valence-corrected chi connectivity index (χ4v) is 2.25. The quantitative estimate of drug-likeness (QED) is 0.795. The van der Waals surface area contributed by atoms with Crippen LogP contribution in [0.3, 0.4) is 0 Å². The molecule has 1 aliphatic heterocycles. The largest absolute Gasteiger partial charge is 0.480 e. The van der Waals surface area contributed by atoms with E-state index in [-0.39, 0.29) is 18.5 Å². The molecule has 0 aromatic heterocycles. The number of nitrogens with zero attached hydrogens (tertiary/aromatic N) is 3. The molecule has 1 saturated heterocycles. The van der Waals surface area contributed by atoms with E-state index in [1.165, 1.54) is 14.7 Å². The molecule has 1 heterocycles. The number of rotatable bonds is 5. The van der Waals surface area contributed by atoms with Crippen LogP contribution in [-0.4, -0.2) is 77.5 Å². The number of urea groups is 1. The third kappa shape index (κ3) is 3.85. The number of hydrogen-bond donors (Lipinski definition) is 1. The highest BCUT2D eigenvalue weighted by Gasteiger charge is 2.36. The van der Waals surface area contributed by atoms with Crippen molar-refractivity contribution in [3.05, 3.63) is 0 Å². The van der Waals surface area contributed by atoms with Crippen LogP contribution in [0.4, 0.5) is 4.79 Å². The van der Waals surface area contributed by atoms with Gasteiger partial charge >= 0.3 is 12.0 Å². The first-order valence-corrected chi connectivity index (χ1v) is 6.87. The van der Waals surface area contributed by atoms with Gasteiger partial charge in [-0.3, -0.25) is 4.79 Å². The van der Waals surface area contributed by atoms with Crippen LogP contribution in [0.5, 0.6) is 0 Å². The number of carboxylic acid groups (broad SMARTS) is 1. The molecule has 1 unspecified atom stereocenters. The maximum atomic E-state index is 12.4. The van der Waals surface area contributed by atoms with Crippen molar-refractivity contribution >= 4 is 17.9 Å². The van der Waals surface area contributed by atoms with Crippen LogP contribution in [0.25, 0.3) is 0 Å².